The van der Waals surface area contributed by atoms with Crippen molar-refractivity contribution >= 4 is 90.2 Å². The number of carbonyl (C=O) groups excluding carboxylic acids is 4. The molecule has 56 heavy (non-hydrogen) atoms. The molecule has 2 N–H and O–H groups in total. The summed E-state index contributed by atoms with van der Waals surface area (Å²) in [4.78, 5) is 63.9. The van der Waals surface area contributed by atoms with Gasteiger partial charge < -0.3 is 9.84 Å². The van der Waals surface area contributed by atoms with Crippen LogP contribution in [0.15, 0.2) is 93.5 Å². The van der Waals surface area contributed by atoms with Crippen LogP contribution in [-0.4, -0.2) is 45.8 Å². The van der Waals surface area contributed by atoms with E-state index in [1.54, 1.807) is 60.7 Å². The Balaban J connectivity index is 1.36. The number of halogens is 7. The Morgan fingerprint density at radius 3 is 2.29 bits per heavy atom. The Bertz CT molecular complexity index is 2380. The van der Waals surface area contributed by atoms with E-state index in [2.05, 4.69) is 42.3 Å². The van der Waals surface area contributed by atoms with Gasteiger partial charge in [0.05, 0.1) is 51.0 Å². The molecule has 0 radical (unpaired) electrons. The smallest absolute Gasteiger partial charge is 0.417 e. The van der Waals surface area contributed by atoms with Crippen molar-refractivity contribution in [1.29, 1.82) is 0 Å². The number of hydrogen-bond donors (Lipinski definition) is 2. The average molecular weight is 935 g/mol. The average Bonchev–Trinajstić information content (AvgIpc) is 3.55. The van der Waals surface area contributed by atoms with Crippen molar-refractivity contribution < 1.29 is 42.2 Å². The quantitative estimate of drug-likeness (QED) is 0.145. The molecule has 6 unspecified atom stereocenters. The van der Waals surface area contributed by atoms with E-state index in [1.807, 2.05) is 6.08 Å². The molecule has 4 aliphatic rings. The van der Waals surface area contributed by atoms with E-state index >= 15 is 4.79 Å². The molecule has 3 aromatic carbocycles. The van der Waals surface area contributed by atoms with Crippen LogP contribution in [0, 0.1) is 23.7 Å². The topological polar surface area (TPSA) is 129 Å². The fraction of sp³-hybridized carbons (Fsp3) is 0.256. The van der Waals surface area contributed by atoms with E-state index in [0.29, 0.717) is 49.2 Å². The van der Waals surface area contributed by atoms with Crippen LogP contribution in [0.4, 0.5) is 24.7 Å². The first-order valence-electron chi connectivity index (χ1n) is 17.1. The number of aromatic hydroxyl groups is 1. The number of rotatable bonds is 6. The number of anilines is 2. The first-order valence-corrected chi connectivity index (χ1v) is 19.5. The minimum absolute atomic E-state index is 0.0316. The SMILES string of the molecule is COc1cc(C2C3=CCC4C(=O)N(c5ccccc5)C(=O)C4C3CC3C(=O)N(Nc4ncc(C(F)(F)F)cc4Cl)C(=O)C32c2ccc(Cl)cc2)c(Br)c(Br)c1O. The summed E-state index contributed by atoms with van der Waals surface area (Å²) in [6.45, 7) is 0. The molecule has 10 nitrogen and oxygen atoms in total. The van der Waals surface area contributed by atoms with Gasteiger partial charge in [0.1, 0.15) is 0 Å². The van der Waals surface area contributed by atoms with Gasteiger partial charge in [-0.15, -0.1) is 0 Å². The number of aromatic nitrogens is 1. The minimum atomic E-state index is -4.76. The zero-order valence-electron chi connectivity index (χ0n) is 28.8. The summed E-state index contributed by atoms with van der Waals surface area (Å²) < 4.78 is 46.6. The summed E-state index contributed by atoms with van der Waals surface area (Å²) in [6, 6.07) is 17.1. The zero-order chi connectivity index (χ0) is 40.0. The Hall–Kier alpha value is -4.44. The Kier molecular flexibility index (Phi) is 9.53. The van der Waals surface area contributed by atoms with Gasteiger partial charge >= 0.3 is 6.18 Å². The number of hydrogen-bond acceptors (Lipinski definition) is 8. The lowest BCUT2D eigenvalue weighted by Gasteiger charge is -2.51. The van der Waals surface area contributed by atoms with E-state index in [4.69, 9.17) is 27.9 Å². The Labute approximate surface area is 343 Å². The van der Waals surface area contributed by atoms with Gasteiger partial charge in [-0.1, -0.05) is 65.2 Å². The third kappa shape index (κ3) is 5.67. The zero-order valence-corrected chi connectivity index (χ0v) is 33.5. The predicted octanol–water partition coefficient (Wildman–Crippen LogP) is 8.84. The highest BCUT2D eigenvalue weighted by Gasteiger charge is 2.70. The second kappa shape index (κ2) is 13.9. The van der Waals surface area contributed by atoms with Crippen LogP contribution < -0.4 is 15.1 Å². The van der Waals surface area contributed by atoms with E-state index in [0.717, 1.165) is 0 Å². The van der Waals surface area contributed by atoms with Crippen molar-refractivity contribution in [2.45, 2.75) is 30.4 Å². The number of imide groups is 2. The number of alkyl halides is 3. The third-order valence-electron chi connectivity index (χ3n) is 11.3. The van der Waals surface area contributed by atoms with E-state index in [-0.39, 0.29) is 40.5 Å². The van der Waals surface area contributed by atoms with Crippen LogP contribution >= 0.6 is 55.1 Å². The number of phenols is 1. The van der Waals surface area contributed by atoms with Gasteiger partial charge in [0.25, 0.3) is 11.8 Å². The molecule has 0 bridgehead atoms. The molecular formula is C39H27Br2Cl2F3N4O6. The van der Waals surface area contributed by atoms with Gasteiger partial charge in [0.15, 0.2) is 17.3 Å². The molecule has 6 atom stereocenters. The molecule has 2 aliphatic heterocycles. The molecule has 288 valence electrons. The molecule has 2 aliphatic carbocycles. The van der Waals surface area contributed by atoms with Gasteiger partial charge in [-0.3, -0.25) is 29.5 Å². The molecule has 3 fully saturated rings. The van der Waals surface area contributed by atoms with Crippen LogP contribution in [0.1, 0.15) is 35.4 Å². The van der Waals surface area contributed by atoms with Gasteiger partial charge in [-0.2, -0.15) is 18.2 Å². The molecular weight excluding hydrogens is 908 g/mol. The molecule has 1 aromatic heterocycles. The van der Waals surface area contributed by atoms with Crippen molar-refractivity contribution in [1.82, 2.24) is 9.99 Å². The van der Waals surface area contributed by atoms with Crippen molar-refractivity contribution in [2.24, 2.45) is 23.7 Å². The maximum atomic E-state index is 15.5. The molecule has 4 aromatic rings. The molecule has 0 spiro atoms. The van der Waals surface area contributed by atoms with Crippen LogP contribution in [0.5, 0.6) is 11.5 Å². The van der Waals surface area contributed by atoms with E-state index < -0.39 is 69.5 Å². The second-order valence-electron chi connectivity index (χ2n) is 13.9. The second-order valence-corrected chi connectivity index (χ2v) is 16.3. The molecule has 1 saturated carbocycles. The van der Waals surface area contributed by atoms with Crippen LogP contribution in [0.2, 0.25) is 10.0 Å². The number of ether oxygens (including phenoxy) is 1. The molecule has 3 heterocycles. The first-order chi connectivity index (χ1) is 26.6. The number of nitrogens with one attached hydrogen (secondary N) is 1. The summed E-state index contributed by atoms with van der Waals surface area (Å²) in [6.07, 6.45) is -2.31. The molecule has 4 amide bonds. The highest BCUT2D eigenvalue weighted by Crippen LogP contribution is 2.66. The number of amides is 4. The number of para-hydroxylation sites is 1. The molecule has 2 saturated heterocycles. The molecule has 17 heteroatoms. The number of fused-ring (bicyclic) bond motifs is 4. The minimum Gasteiger partial charge on any atom is -0.503 e. The first kappa shape index (κ1) is 38.4. The maximum absolute atomic E-state index is 15.5. The van der Waals surface area contributed by atoms with E-state index in [9.17, 15) is 32.7 Å². The van der Waals surface area contributed by atoms with Crippen LogP contribution in [0.25, 0.3) is 0 Å². The van der Waals surface area contributed by atoms with Crippen LogP contribution in [0.3, 0.4) is 0 Å². The number of hydrazine groups is 1. The monoisotopic (exact) mass is 932 g/mol. The van der Waals surface area contributed by atoms with Gasteiger partial charge in [0.2, 0.25) is 11.8 Å². The highest BCUT2D eigenvalue weighted by molar-refractivity contribution is 9.13. The lowest BCUT2D eigenvalue weighted by molar-refractivity contribution is -0.139. The number of carbonyl (C=O) groups is 4. The number of phenolic OH excluding ortho intramolecular Hbond substituents is 1. The van der Waals surface area contributed by atoms with Gasteiger partial charge in [0, 0.05) is 21.6 Å². The third-order valence-corrected chi connectivity index (χ3v) is 14.0. The number of pyridine rings is 1. The summed E-state index contributed by atoms with van der Waals surface area (Å²) in [5.41, 5.74) is 1.43. The van der Waals surface area contributed by atoms with E-state index in [1.165, 1.54) is 12.0 Å². The Morgan fingerprint density at radius 1 is 0.946 bits per heavy atom. The summed E-state index contributed by atoms with van der Waals surface area (Å²) >= 11 is 19.7. The fourth-order valence-electron chi connectivity index (χ4n) is 8.94. The number of benzene rings is 3. The number of nitrogens with zero attached hydrogens (tertiary/aromatic N) is 3. The van der Waals surface area contributed by atoms with Gasteiger partial charge in [-0.05, 0) is 98.1 Å². The lowest BCUT2D eigenvalue weighted by Crippen LogP contribution is -2.53. The molecule has 8 rings (SSSR count). The maximum Gasteiger partial charge on any atom is 0.417 e. The normalized spacial score (nSPS) is 25.9. The van der Waals surface area contributed by atoms with Crippen molar-refractivity contribution in [3.05, 3.63) is 120 Å². The number of methoxy groups -OCH3 is 1. The summed E-state index contributed by atoms with van der Waals surface area (Å²) in [5.74, 6) is -7.73. The summed E-state index contributed by atoms with van der Waals surface area (Å²) in [5, 5.41) is 11.6. The standard InChI is InChI=1S/C39H27Br2Cl2F3N4O6/c1-56-27-15-24(30(40)31(41)32(27)51)29-21-11-12-22-28(36(54)49(34(22)52)20-5-3-2-4-6-20)23(21)14-25-35(53)50(37(55)38(25,29)17-7-9-19(42)10-8-17)48-33-26(43)13-18(16-47-33)39(44,45)46/h2-11,13,15-16,22-23,25,28-29,51H,12,14H2,1H3,(H,47,48). The van der Waals surface area contributed by atoms with Crippen molar-refractivity contribution in [3.63, 3.8) is 0 Å². The highest BCUT2D eigenvalue weighted by atomic mass is 79.9. The summed E-state index contributed by atoms with van der Waals surface area (Å²) in [7, 11) is 1.35. The Morgan fingerprint density at radius 2 is 1.64 bits per heavy atom. The van der Waals surface area contributed by atoms with Gasteiger partial charge in [-0.25, -0.2) is 4.98 Å². The fourth-order valence-corrected chi connectivity index (χ4v) is 10.2. The van der Waals surface area contributed by atoms with Crippen LogP contribution in [-0.2, 0) is 30.8 Å². The van der Waals surface area contributed by atoms with Crippen molar-refractivity contribution in [2.75, 3.05) is 17.4 Å². The van der Waals surface area contributed by atoms with Crippen molar-refractivity contribution in [3.8, 4) is 11.5 Å². The largest absolute Gasteiger partial charge is 0.503 e. The number of allylic oxidation sites excluding steroid dienone is 2. The lowest BCUT2D eigenvalue weighted by atomic mass is 9.49. The predicted molar refractivity (Wildman–Crippen MR) is 206 cm³/mol.